The number of imidazole rings is 1. The first-order chi connectivity index (χ1) is 16.9. The van der Waals surface area contributed by atoms with Crippen LogP contribution in [0.1, 0.15) is 31.1 Å². The third-order valence-electron chi connectivity index (χ3n) is 4.74. The zero-order chi connectivity index (χ0) is 26.6. The number of ether oxygens (including phenoxy) is 3. The highest BCUT2D eigenvalue weighted by atomic mass is 19.3. The molecule has 0 aliphatic rings. The molecule has 13 heteroatoms. The second kappa shape index (κ2) is 10.6. The Kier molecular flexibility index (Phi) is 7.80. The third-order valence-corrected chi connectivity index (χ3v) is 4.74. The fourth-order valence-corrected chi connectivity index (χ4v) is 3.24. The minimum atomic E-state index is -3.39. The highest BCUT2D eigenvalue weighted by molar-refractivity contribution is 6.00. The van der Waals surface area contributed by atoms with E-state index in [9.17, 15) is 22.8 Å². The van der Waals surface area contributed by atoms with E-state index in [4.69, 9.17) is 14.2 Å². The van der Waals surface area contributed by atoms with Gasteiger partial charge in [0.1, 0.15) is 29.0 Å². The van der Waals surface area contributed by atoms with E-state index in [0.717, 1.165) is 0 Å². The Morgan fingerprint density at radius 1 is 1.03 bits per heavy atom. The number of hydrogen-bond donors (Lipinski definition) is 3. The minimum Gasteiger partial charge on any atom is -0.496 e. The Bertz CT molecular complexity index is 1230. The van der Waals surface area contributed by atoms with E-state index in [-0.39, 0.29) is 17.1 Å². The minimum absolute atomic E-state index is 0.0231. The van der Waals surface area contributed by atoms with Gasteiger partial charge in [0.05, 0.1) is 36.6 Å². The summed E-state index contributed by atoms with van der Waals surface area (Å²) in [5.74, 6) is -1.17. The first kappa shape index (κ1) is 26.4. The summed E-state index contributed by atoms with van der Waals surface area (Å²) in [6, 6.07) is 8.04. The fourth-order valence-electron chi connectivity index (χ4n) is 3.24. The summed E-state index contributed by atoms with van der Waals surface area (Å²) >= 11 is 0. The smallest absolute Gasteiger partial charge is 0.426 e. The highest BCUT2D eigenvalue weighted by Crippen LogP contribution is 2.34. The Labute approximate surface area is 204 Å². The molecule has 0 fully saturated rings. The zero-order valence-corrected chi connectivity index (χ0v) is 20.2. The SMILES string of the molecule is COc1cc(-n2cnc3cc(NNC(=O)OC(C)(C)C)ccc32)cc(OC)c1C(=O)NC(F)C(F)F. The lowest BCUT2D eigenvalue weighted by molar-refractivity contribution is 0.0285. The van der Waals surface area contributed by atoms with Crippen molar-refractivity contribution in [3.05, 3.63) is 42.2 Å². The monoisotopic (exact) mass is 509 g/mol. The molecule has 1 heterocycles. The quantitative estimate of drug-likeness (QED) is 0.308. The zero-order valence-electron chi connectivity index (χ0n) is 20.2. The van der Waals surface area contributed by atoms with Gasteiger partial charge in [-0.3, -0.25) is 14.8 Å². The first-order valence-corrected chi connectivity index (χ1v) is 10.6. The number of amides is 2. The largest absolute Gasteiger partial charge is 0.496 e. The molecule has 1 aromatic heterocycles. The third kappa shape index (κ3) is 6.09. The van der Waals surface area contributed by atoms with Crippen LogP contribution in [0.15, 0.2) is 36.7 Å². The van der Waals surface area contributed by atoms with Gasteiger partial charge in [0.25, 0.3) is 12.3 Å². The van der Waals surface area contributed by atoms with Gasteiger partial charge in [0.2, 0.25) is 6.30 Å². The molecule has 0 aliphatic heterocycles. The van der Waals surface area contributed by atoms with Gasteiger partial charge in [0, 0.05) is 12.1 Å². The van der Waals surface area contributed by atoms with Crippen molar-refractivity contribution in [3.63, 3.8) is 0 Å². The number of nitrogens with zero attached hydrogens (tertiary/aromatic N) is 2. The van der Waals surface area contributed by atoms with Crippen LogP contribution in [0.5, 0.6) is 11.5 Å². The van der Waals surface area contributed by atoms with Gasteiger partial charge in [-0.25, -0.2) is 28.4 Å². The molecule has 0 radical (unpaired) electrons. The van der Waals surface area contributed by atoms with E-state index in [1.54, 1.807) is 48.9 Å². The summed E-state index contributed by atoms with van der Waals surface area (Å²) in [5.41, 5.74) is 6.52. The van der Waals surface area contributed by atoms with Crippen molar-refractivity contribution in [2.24, 2.45) is 0 Å². The van der Waals surface area contributed by atoms with Crippen LogP contribution in [0.4, 0.5) is 23.7 Å². The Hall–Kier alpha value is -4.16. The molecule has 3 aromatic rings. The second-order valence-corrected chi connectivity index (χ2v) is 8.50. The van der Waals surface area contributed by atoms with E-state index in [2.05, 4.69) is 15.8 Å². The Morgan fingerprint density at radius 3 is 2.22 bits per heavy atom. The van der Waals surface area contributed by atoms with Crippen molar-refractivity contribution in [2.45, 2.75) is 39.1 Å². The summed E-state index contributed by atoms with van der Waals surface area (Å²) in [6.45, 7) is 5.24. The van der Waals surface area contributed by atoms with Crippen LogP contribution in [-0.2, 0) is 4.74 Å². The molecule has 1 unspecified atom stereocenters. The van der Waals surface area contributed by atoms with Crippen molar-refractivity contribution < 1.29 is 37.0 Å². The number of halogens is 3. The van der Waals surface area contributed by atoms with E-state index in [1.165, 1.54) is 32.7 Å². The van der Waals surface area contributed by atoms with Crippen LogP contribution in [0.2, 0.25) is 0 Å². The molecule has 3 N–H and O–H groups in total. The lowest BCUT2D eigenvalue weighted by Crippen LogP contribution is -2.36. The molecule has 194 valence electrons. The number of rotatable bonds is 8. The number of aromatic nitrogens is 2. The molecule has 10 nitrogen and oxygen atoms in total. The molecule has 0 bridgehead atoms. The number of hydrazine groups is 1. The van der Waals surface area contributed by atoms with Crippen LogP contribution in [0, 0.1) is 0 Å². The second-order valence-electron chi connectivity index (χ2n) is 8.50. The number of hydrogen-bond acceptors (Lipinski definition) is 7. The summed E-state index contributed by atoms with van der Waals surface area (Å²) in [5, 5.41) is 1.59. The van der Waals surface area contributed by atoms with Crippen molar-refractivity contribution in [2.75, 3.05) is 19.6 Å². The fraction of sp³-hybridized carbons (Fsp3) is 0.348. The summed E-state index contributed by atoms with van der Waals surface area (Å²) in [7, 11) is 2.55. The lowest BCUT2D eigenvalue weighted by atomic mass is 10.1. The molecule has 0 saturated carbocycles. The number of alkyl halides is 3. The summed E-state index contributed by atoms with van der Waals surface area (Å²) in [4.78, 5) is 28.6. The highest BCUT2D eigenvalue weighted by Gasteiger charge is 2.27. The van der Waals surface area contributed by atoms with Crippen molar-refractivity contribution in [1.82, 2.24) is 20.3 Å². The number of carbonyl (C=O) groups excluding carboxylic acids is 2. The van der Waals surface area contributed by atoms with Gasteiger partial charge in [-0.2, -0.15) is 0 Å². The summed E-state index contributed by atoms with van der Waals surface area (Å²) < 4.78 is 55.9. The topological polar surface area (TPSA) is 116 Å². The molecular weight excluding hydrogens is 483 g/mol. The number of nitrogens with one attached hydrogen (secondary N) is 3. The number of fused-ring (bicyclic) bond motifs is 1. The maximum absolute atomic E-state index is 13.4. The Morgan fingerprint density at radius 2 is 1.67 bits per heavy atom. The van der Waals surface area contributed by atoms with Gasteiger partial charge < -0.3 is 19.5 Å². The molecule has 3 rings (SSSR count). The lowest BCUT2D eigenvalue weighted by Gasteiger charge is -2.20. The van der Waals surface area contributed by atoms with Crippen LogP contribution >= 0.6 is 0 Å². The normalized spacial score (nSPS) is 12.2. The number of benzene rings is 2. The van der Waals surface area contributed by atoms with Crippen LogP contribution < -0.4 is 25.6 Å². The molecule has 0 saturated heterocycles. The summed E-state index contributed by atoms with van der Waals surface area (Å²) in [6.07, 6.45) is -5.37. The van der Waals surface area contributed by atoms with Crippen molar-refractivity contribution >= 4 is 28.7 Å². The Balaban J connectivity index is 1.90. The maximum Gasteiger partial charge on any atom is 0.426 e. The van der Waals surface area contributed by atoms with Gasteiger partial charge in [0.15, 0.2) is 0 Å². The molecule has 2 aromatic carbocycles. The molecule has 0 aliphatic carbocycles. The number of carbonyl (C=O) groups is 2. The van der Waals surface area contributed by atoms with Crippen LogP contribution in [0.3, 0.4) is 0 Å². The van der Waals surface area contributed by atoms with Crippen molar-refractivity contribution in [3.8, 4) is 17.2 Å². The van der Waals surface area contributed by atoms with Gasteiger partial charge >= 0.3 is 6.09 Å². The molecule has 1 atom stereocenters. The van der Waals surface area contributed by atoms with E-state index >= 15 is 0 Å². The van der Waals surface area contributed by atoms with Gasteiger partial charge in [-0.05, 0) is 39.0 Å². The van der Waals surface area contributed by atoms with Crippen LogP contribution in [-0.4, -0.2) is 54.1 Å². The van der Waals surface area contributed by atoms with E-state index in [0.29, 0.717) is 22.4 Å². The predicted octanol–water partition coefficient (Wildman–Crippen LogP) is 4.18. The van der Waals surface area contributed by atoms with Gasteiger partial charge in [-0.15, -0.1) is 0 Å². The predicted molar refractivity (Wildman–Crippen MR) is 126 cm³/mol. The standard InChI is InChI=1S/C23H26F3N5O5/c1-23(2,3)36-22(33)30-29-12-6-7-15-14(8-12)27-11-31(15)13-9-16(34-4)18(17(10-13)35-5)21(32)28-20(26)19(24)25/h6-11,19-20,29H,1-5H3,(H,28,32)(H,30,33). The van der Waals surface area contributed by atoms with Crippen LogP contribution in [0.25, 0.3) is 16.7 Å². The molecule has 36 heavy (non-hydrogen) atoms. The average molecular weight is 509 g/mol. The molecule has 0 spiro atoms. The maximum atomic E-state index is 13.4. The number of anilines is 1. The average Bonchev–Trinajstić information content (AvgIpc) is 3.23. The molecule has 2 amide bonds. The van der Waals surface area contributed by atoms with Gasteiger partial charge in [-0.1, -0.05) is 0 Å². The number of methoxy groups -OCH3 is 2. The van der Waals surface area contributed by atoms with Crippen molar-refractivity contribution in [1.29, 1.82) is 0 Å². The van der Waals surface area contributed by atoms with E-state index < -0.39 is 30.3 Å². The molecular formula is C23H26F3N5O5. The first-order valence-electron chi connectivity index (χ1n) is 10.6. The van der Waals surface area contributed by atoms with E-state index in [1.807, 2.05) is 0 Å².